The number of carbonyl (C=O) groups is 1. The average Bonchev–Trinajstić information content (AvgIpc) is 3.25. The standard InChI is InChI=1S/C26H24F3N5O/c1-17-20(16-30-34(17)24-12-9-18-7-3-4-8-21(18)31-24)25(35)32-22-15-19(26(27,28)29)10-11-23(22)33-13-5-2-6-14-33/h3-4,7-12,15-16H,2,5-6,13-14H2,1H3,(H,32,35). The molecule has 1 aliphatic heterocycles. The maximum atomic E-state index is 13.4. The number of halogens is 3. The molecule has 0 atom stereocenters. The smallest absolute Gasteiger partial charge is 0.370 e. The highest BCUT2D eigenvalue weighted by Gasteiger charge is 2.32. The molecule has 2 aromatic carbocycles. The molecule has 2 aromatic heterocycles. The van der Waals surface area contributed by atoms with Crippen LogP contribution in [0.1, 0.15) is 40.9 Å². The third-order valence-corrected chi connectivity index (χ3v) is 6.32. The van der Waals surface area contributed by atoms with E-state index in [1.54, 1.807) is 11.6 Å². The number of hydrogen-bond acceptors (Lipinski definition) is 4. The lowest BCUT2D eigenvalue weighted by molar-refractivity contribution is -0.137. The summed E-state index contributed by atoms with van der Waals surface area (Å²) in [6.45, 7) is 3.20. The minimum absolute atomic E-state index is 0.141. The van der Waals surface area contributed by atoms with E-state index in [-0.39, 0.29) is 11.3 Å². The summed E-state index contributed by atoms with van der Waals surface area (Å²) in [6.07, 6.45) is -0.101. The van der Waals surface area contributed by atoms with Crippen LogP contribution in [0.5, 0.6) is 0 Å². The van der Waals surface area contributed by atoms with Gasteiger partial charge in [-0.15, -0.1) is 0 Å². The number of pyridine rings is 1. The summed E-state index contributed by atoms with van der Waals surface area (Å²) in [7, 11) is 0. The Hall–Kier alpha value is -3.88. The van der Waals surface area contributed by atoms with E-state index in [2.05, 4.69) is 15.4 Å². The second-order valence-electron chi connectivity index (χ2n) is 8.65. The highest BCUT2D eigenvalue weighted by molar-refractivity contribution is 6.06. The lowest BCUT2D eigenvalue weighted by Gasteiger charge is -2.31. The molecular weight excluding hydrogens is 455 g/mol. The zero-order valence-corrected chi connectivity index (χ0v) is 19.1. The van der Waals surface area contributed by atoms with Gasteiger partial charge in [-0.05, 0) is 62.6 Å². The molecule has 1 fully saturated rings. The first-order valence-electron chi connectivity index (χ1n) is 11.5. The Morgan fingerprint density at radius 3 is 2.54 bits per heavy atom. The summed E-state index contributed by atoms with van der Waals surface area (Å²) >= 11 is 0. The van der Waals surface area contributed by atoms with Crippen LogP contribution in [0.4, 0.5) is 24.5 Å². The number of carbonyl (C=O) groups excluding carboxylic acids is 1. The molecule has 180 valence electrons. The van der Waals surface area contributed by atoms with E-state index in [4.69, 9.17) is 0 Å². The summed E-state index contributed by atoms with van der Waals surface area (Å²) in [6, 6.07) is 14.9. The van der Waals surface area contributed by atoms with Gasteiger partial charge < -0.3 is 10.2 Å². The zero-order valence-electron chi connectivity index (χ0n) is 19.1. The number of amides is 1. The van der Waals surface area contributed by atoms with Gasteiger partial charge in [-0.2, -0.15) is 18.3 Å². The molecule has 5 rings (SSSR count). The number of hydrogen-bond donors (Lipinski definition) is 1. The average molecular weight is 480 g/mol. The molecule has 0 spiro atoms. The normalized spacial score (nSPS) is 14.3. The molecule has 0 aliphatic carbocycles. The summed E-state index contributed by atoms with van der Waals surface area (Å²) in [5, 5.41) is 8.03. The van der Waals surface area contributed by atoms with Gasteiger partial charge in [0.15, 0.2) is 5.82 Å². The predicted octanol–water partition coefficient (Wildman–Crippen LogP) is 5.99. The van der Waals surface area contributed by atoms with Crippen LogP contribution in [0.2, 0.25) is 0 Å². The van der Waals surface area contributed by atoms with Crippen LogP contribution in [0.15, 0.2) is 60.8 Å². The number of nitrogens with zero attached hydrogens (tertiary/aromatic N) is 4. The van der Waals surface area contributed by atoms with Crippen molar-refractivity contribution in [1.29, 1.82) is 0 Å². The Morgan fingerprint density at radius 1 is 1.00 bits per heavy atom. The van der Waals surface area contributed by atoms with Crippen molar-refractivity contribution in [3.05, 3.63) is 77.6 Å². The van der Waals surface area contributed by atoms with Gasteiger partial charge in [0.05, 0.1) is 39.9 Å². The van der Waals surface area contributed by atoms with Crippen LogP contribution in [-0.2, 0) is 6.18 Å². The van der Waals surface area contributed by atoms with E-state index in [0.717, 1.165) is 55.4 Å². The third kappa shape index (κ3) is 4.58. The van der Waals surface area contributed by atoms with Gasteiger partial charge in [-0.1, -0.05) is 18.2 Å². The highest BCUT2D eigenvalue weighted by Crippen LogP contribution is 2.36. The van der Waals surface area contributed by atoms with Gasteiger partial charge in [0.1, 0.15) is 0 Å². The van der Waals surface area contributed by atoms with Crippen LogP contribution >= 0.6 is 0 Å². The van der Waals surface area contributed by atoms with Crippen molar-refractivity contribution in [2.45, 2.75) is 32.4 Å². The van der Waals surface area contributed by atoms with E-state index >= 15 is 0 Å². The van der Waals surface area contributed by atoms with E-state index in [0.29, 0.717) is 17.2 Å². The maximum absolute atomic E-state index is 13.4. The van der Waals surface area contributed by atoms with Crippen molar-refractivity contribution >= 4 is 28.2 Å². The van der Waals surface area contributed by atoms with E-state index in [1.165, 1.54) is 12.3 Å². The molecule has 4 aromatic rings. The SMILES string of the molecule is Cc1c(C(=O)Nc2cc(C(F)(F)F)ccc2N2CCCCC2)cnn1-c1ccc2ccccc2n1. The van der Waals surface area contributed by atoms with Crippen LogP contribution in [-0.4, -0.2) is 33.8 Å². The van der Waals surface area contributed by atoms with Gasteiger partial charge in [0, 0.05) is 18.5 Å². The highest BCUT2D eigenvalue weighted by atomic mass is 19.4. The first-order valence-corrected chi connectivity index (χ1v) is 11.5. The molecule has 0 saturated carbocycles. The van der Waals surface area contributed by atoms with E-state index < -0.39 is 17.6 Å². The van der Waals surface area contributed by atoms with E-state index in [1.807, 2.05) is 41.3 Å². The molecule has 1 N–H and O–H groups in total. The van der Waals surface area contributed by atoms with Gasteiger partial charge in [0.2, 0.25) is 0 Å². The number of fused-ring (bicyclic) bond motifs is 1. The van der Waals surface area contributed by atoms with Crippen LogP contribution in [0.3, 0.4) is 0 Å². The molecule has 0 bridgehead atoms. The number of para-hydroxylation sites is 1. The molecule has 3 heterocycles. The van der Waals surface area contributed by atoms with Gasteiger partial charge in [-0.3, -0.25) is 4.79 Å². The number of nitrogens with one attached hydrogen (secondary N) is 1. The fraction of sp³-hybridized carbons (Fsp3) is 0.269. The summed E-state index contributed by atoms with van der Waals surface area (Å²) < 4.78 is 41.8. The molecule has 6 nitrogen and oxygen atoms in total. The second kappa shape index (κ2) is 9.05. The fourth-order valence-corrected chi connectivity index (χ4v) is 4.45. The number of anilines is 2. The molecule has 1 amide bonds. The molecule has 0 unspecified atom stereocenters. The molecule has 1 aliphatic rings. The number of aromatic nitrogens is 3. The summed E-state index contributed by atoms with van der Waals surface area (Å²) in [5.74, 6) is 0.0282. The number of rotatable bonds is 4. The van der Waals surface area contributed by atoms with Crippen LogP contribution < -0.4 is 10.2 Å². The fourth-order valence-electron chi connectivity index (χ4n) is 4.45. The van der Waals surface area contributed by atoms with Crippen molar-refractivity contribution < 1.29 is 18.0 Å². The van der Waals surface area contributed by atoms with Crippen molar-refractivity contribution in [3.63, 3.8) is 0 Å². The van der Waals surface area contributed by atoms with Crippen LogP contribution in [0.25, 0.3) is 16.7 Å². The number of piperidine rings is 1. The molecule has 9 heteroatoms. The molecule has 0 radical (unpaired) electrons. The first kappa shape index (κ1) is 22.9. The topological polar surface area (TPSA) is 63.1 Å². The summed E-state index contributed by atoms with van der Waals surface area (Å²) in [4.78, 5) is 19.8. The van der Waals surface area contributed by atoms with Gasteiger partial charge in [-0.25, -0.2) is 9.67 Å². The van der Waals surface area contributed by atoms with Gasteiger partial charge >= 0.3 is 6.18 Å². The van der Waals surface area contributed by atoms with Gasteiger partial charge in [0.25, 0.3) is 5.91 Å². The lowest BCUT2D eigenvalue weighted by atomic mass is 10.1. The van der Waals surface area contributed by atoms with E-state index in [9.17, 15) is 18.0 Å². The molecule has 35 heavy (non-hydrogen) atoms. The number of benzene rings is 2. The minimum atomic E-state index is -4.51. The Balaban J connectivity index is 1.47. The van der Waals surface area contributed by atoms with Crippen LogP contribution in [0, 0.1) is 6.92 Å². The Morgan fingerprint density at radius 2 is 1.77 bits per heavy atom. The predicted molar refractivity (Wildman–Crippen MR) is 129 cm³/mol. The summed E-state index contributed by atoms with van der Waals surface area (Å²) in [5.41, 5.74) is 1.52. The Kier molecular flexibility index (Phi) is 5.92. The Labute approximate surface area is 200 Å². The lowest BCUT2D eigenvalue weighted by Crippen LogP contribution is -2.30. The van der Waals surface area contributed by atoms with Crippen molar-refractivity contribution in [1.82, 2.24) is 14.8 Å². The zero-order chi connectivity index (χ0) is 24.6. The third-order valence-electron chi connectivity index (χ3n) is 6.32. The minimum Gasteiger partial charge on any atom is -0.370 e. The van der Waals surface area contributed by atoms with Crippen molar-refractivity contribution in [2.24, 2.45) is 0 Å². The molecular formula is C26H24F3N5O. The number of alkyl halides is 3. The van der Waals surface area contributed by atoms with Crippen molar-refractivity contribution in [2.75, 3.05) is 23.3 Å². The van der Waals surface area contributed by atoms with Crippen molar-refractivity contribution in [3.8, 4) is 5.82 Å². The largest absolute Gasteiger partial charge is 0.416 e. The first-order chi connectivity index (χ1) is 16.8. The Bertz CT molecular complexity index is 1390. The monoisotopic (exact) mass is 479 g/mol. The maximum Gasteiger partial charge on any atom is 0.416 e. The molecule has 1 saturated heterocycles. The second-order valence-corrected chi connectivity index (χ2v) is 8.65. The quantitative estimate of drug-likeness (QED) is 0.391.